The summed E-state index contributed by atoms with van der Waals surface area (Å²) in [4.78, 5) is 23.7. The zero-order valence-electron chi connectivity index (χ0n) is 11.9. The topological polar surface area (TPSA) is 67.4 Å². The number of hydrogen-bond acceptors (Lipinski definition) is 4. The third kappa shape index (κ3) is 3.36. The van der Waals surface area contributed by atoms with Gasteiger partial charge in [0.1, 0.15) is 0 Å². The predicted molar refractivity (Wildman–Crippen MR) is 76.8 cm³/mol. The van der Waals surface area contributed by atoms with E-state index in [0.717, 1.165) is 31.4 Å². The average molecular weight is 276 g/mol. The summed E-state index contributed by atoms with van der Waals surface area (Å²) in [6.45, 7) is 2.77. The van der Waals surface area contributed by atoms with E-state index in [0.29, 0.717) is 11.3 Å². The number of hydrogen-bond donors (Lipinski definition) is 2. The van der Waals surface area contributed by atoms with Crippen molar-refractivity contribution in [1.82, 2.24) is 5.32 Å². The molecular weight excluding hydrogens is 256 g/mol. The highest BCUT2D eigenvalue weighted by Crippen LogP contribution is 2.19. The number of piperidine rings is 1. The van der Waals surface area contributed by atoms with Crippen LogP contribution in [0.3, 0.4) is 0 Å². The van der Waals surface area contributed by atoms with Crippen LogP contribution in [0.15, 0.2) is 18.2 Å². The smallest absolute Gasteiger partial charge is 0.337 e. The normalized spacial score (nSPS) is 18.4. The van der Waals surface area contributed by atoms with Crippen LogP contribution in [0.25, 0.3) is 0 Å². The molecule has 20 heavy (non-hydrogen) atoms. The predicted octanol–water partition coefficient (Wildman–Crippen LogP) is 1.86. The van der Waals surface area contributed by atoms with Crippen molar-refractivity contribution in [2.24, 2.45) is 0 Å². The van der Waals surface area contributed by atoms with E-state index in [1.54, 1.807) is 18.2 Å². The quantitative estimate of drug-likeness (QED) is 0.827. The van der Waals surface area contributed by atoms with Gasteiger partial charge in [-0.25, -0.2) is 4.79 Å². The van der Waals surface area contributed by atoms with Crippen LogP contribution in [-0.2, 0) is 9.53 Å². The third-order valence-corrected chi connectivity index (χ3v) is 3.54. The van der Waals surface area contributed by atoms with E-state index in [2.05, 4.69) is 15.4 Å². The second-order valence-corrected chi connectivity index (χ2v) is 5.01. The van der Waals surface area contributed by atoms with Crippen LogP contribution in [0.4, 0.5) is 5.69 Å². The fraction of sp³-hybridized carbons (Fsp3) is 0.467. The molecule has 2 rings (SSSR count). The molecule has 1 aromatic carbocycles. The number of carbonyl (C=O) groups is 2. The number of rotatable bonds is 3. The fourth-order valence-corrected chi connectivity index (χ4v) is 2.30. The first-order valence-corrected chi connectivity index (χ1v) is 6.85. The Morgan fingerprint density at radius 3 is 2.80 bits per heavy atom. The monoisotopic (exact) mass is 276 g/mol. The first kappa shape index (κ1) is 14.5. The van der Waals surface area contributed by atoms with Crippen LogP contribution in [0.5, 0.6) is 0 Å². The molecule has 0 radical (unpaired) electrons. The molecule has 1 heterocycles. The van der Waals surface area contributed by atoms with Crippen LogP contribution < -0.4 is 10.6 Å². The van der Waals surface area contributed by atoms with E-state index >= 15 is 0 Å². The van der Waals surface area contributed by atoms with Crippen molar-refractivity contribution in [1.29, 1.82) is 0 Å². The highest BCUT2D eigenvalue weighted by Gasteiger charge is 2.21. The number of nitrogens with one attached hydrogen (secondary N) is 2. The van der Waals surface area contributed by atoms with Gasteiger partial charge < -0.3 is 15.4 Å². The Morgan fingerprint density at radius 1 is 1.35 bits per heavy atom. The first-order chi connectivity index (χ1) is 9.61. The molecule has 5 heteroatoms. The molecule has 1 atom stereocenters. The van der Waals surface area contributed by atoms with E-state index < -0.39 is 5.97 Å². The van der Waals surface area contributed by atoms with E-state index in [1.165, 1.54) is 7.11 Å². The summed E-state index contributed by atoms with van der Waals surface area (Å²) in [5.41, 5.74) is 2.01. The molecule has 108 valence electrons. The largest absolute Gasteiger partial charge is 0.465 e. The van der Waals surface area contributed by atoms with Crippen LogP contribution in [0.1, 0.15) is 35.2 Å². The Kier molecular flexibility index (Phi) is 4.74. The number of amides is 1. The standard InChI is InChI=1S/C15H20N2O3/c1-10-6-7-11(15(19)20-2)9-13(10)17-14(18)12-5-3-4-8-16-12/h6-7,9,12,16H,3-5,8H2,1-2H3,(H,17,18). The molecule has 0 spiro atoms. The van der Waals surface area contributed by atoms with Crippen molar-refractivity contribution in [2.45, 2.75) is 32.2 Å². The van der Waals surface area contributed by atoms with Crippen molar-refractivity contribution < 1.29 is 14.3 Å². The van der Waals surface area contributed by atoms with Gasteiger partial charge in [-0.1, -0.05) is 12.5 Å². The van der Waals surface area contributed by atoms with Gasteiger partial charge in [-0.15, -0.1) is 0 Å². The summed E-state index contributed by atoms with van der Waals surface area (Å²) in [5.74, 6) is -0.453. The molecular formula is C15H20N2O3. The van der Waals surface area contributed by atoms with Gasteiger partial charge in [0.15, 0.2) is 0 Å². The first-order valence-electron chi connectivity index (χ1n) is 6.85. The van der Waals surface area contributed by atoms with Crippen LogP contribution in [-0.4, -0.2) is 31.6 Å². The molecule has 0 saturated carbocycles. The maximum absolute atomic E-state index is 12.2. The zero-order valence-corrected chi connectivity index (χ0v) is 11.9. The lowest BCUT2D eigenvalue weighted by molar-refractivity contribution is -0.118. The van der Waals surface area contributed by atoms with Gasteiger partial charge in [0.05, 0.1) is 18.7 Å². The molecule has 1 fully saturated rings. The van der Waals surface area contributed by atoms with Crippen molar-refractivity contribution in [3.63, 3.8) is 0 Å². The van der Waals surface area contributed by atoms with E-state index in [-0.39, 0.29) is 11.9 Å². The summed E-state index contributed by atoms with van der Waals surface area (Å²) in [6, 6.07) is 5.00. The molecule has 2 N–H and O–H groups in total. The van der Waals surface area contributed by atoms with Gasteiger partial charge in [0, 0.05) is 5.69 Å². The summed E-state index contributed by atoms with van der Waals surface area (Å²) < 4.78 is 4.69. The molecule has 1 unspecified atom stereocenters. The van der Waals surface area contributed by atoms with Crippen LogP contribution in [0, 0.1) is 6.92 Å². The summed E-state index contributed by atoms with van der Waals surface area (Å²) in [5, 5.41) is 6.09. The van der Waals surface area contributed by atoms with Gasteiger partial charge in [0.2, 0.25) is 5.91 Å². The van der Waals surface area contributed by atoms with Crippen molar-refractivity contribution in [2.75, 3.05) is 19.0 Å². The van der Waals surface area contributed by atoms with Gasteiger partial charge in [-0.3, -0.25) is 4.79 Å². The average Bonchev–Trinajstić information content (AvgIpc) is 2.49. The number of benzene rings is 1. The Balaban J connectivity index is 2.11. The molecule has 1 amide bonds. The molecule has 1 aliphatic rings. The van der Waals surface area contributed by atoms with Gasteiger partial charge in [-0.2, -0.15) is 0 Å². The molecule has 0 aliphatic carbocycles. The number of esters is 1. The Labute approximate surface area is 118 Å². The van der Waals surface area contributed by atoms with Gasteiger partial charge in [-0.05, 0) is 44.0 Å². The second-order valence-electron chi connectivity index (χ2n) is 5.01. The lowest BCUT2D eigenvalue weighted by Crippen LogP contribution is -2.43. The van der Waals surface area contributed by atoms with Crippen molar-refractivity contribution in [3.8, 4) is 0 Å². The second kappa shape index (κ2) is 6.52. The highest BCUT2D eigenvalue weighted by molar-refractivity contribution is 5.97. The Bertz CT molecular complexity index is 508. The third-order valence-electron chi connectivity index (χ3n) is 3.54. The fourth-order valence-electron chi connectivity index (χ4n) is 2.30. The lowest BCUT2D eigenvalue weighted by atomic mass is 10.0. The zero-order chi connectivity index (χ0) is 14.5. The minimum absolute atomic E-state index is 0.0465. The lowest BCUT2D eigenvalue weighted by Gasteiger charge is -2.23. The van der Waals surface area contributed by atoms with E-state index in [1.807, 2.05) is 6.92 Å². The SMILES string of the molecule is COC(=O)c1ccc(C)c(NC(=O)C2CCCCN2)c1. The maximum Gasteiger partial charge on any atom is 0.337 e. The summed E-state index contributed by atoms with van der Waals surface area (Å²) >= 11 is 0. The van der Waals surface area contributed by atoms with E-state index in [4.69, 9.17) is 0 Å². The maximum atomic E-state index is 12.2. The minimum Gasteiger partial charge on any atom is -0.465 e. The highest BCUT2D eigenvalue weighted by atomic mass is 16.5. The molecule has 0 bridgehead atoms. The molecule has 1 saturated heterocycles. The molecule has 0 aromatic heterocycles. The van der Waals surface area contributed by atoms with Crippen molar-refractivity contribution >= 4 is 17.6 Å². The van der Waals surface area contributed by atoms with Crippen LogP contribution in [0.2, 0.25) is 0 Å². The number of ether oxygens (including phenoxy) is 1. The minimum atomic E-state index is -0.406. The number of anilines is 1. The van der Waals surface area contributed by atoms with Crippen molar-refractivity contribution in [3.05, 3.63) is 29.3 Å². The van der Waals surface area contributed by atoms with Gasteiger partial charge in [0.25, 0.3) is 0 Å². The van der Waals surface area contributed by atoms with E-state index in [9.17, 15) is 9.59 Å². The number of aryl methyl sites for hydroxylation is 1. The molecule has 1 aromatic rings. The van der Waals surface area contributed by atoms with Gasteiger partial charge >= 0.3 is 5.97 Å². The number of methoxy groups -OCH3 is 1. The summed E-state index contributed by atoms with van der Waals surface area (Å²) in [7, 11) is 1.34. The Hall–Kier alpha value is -1.88. The summed E-state index contributed by atoms with van der Waals surface area (Å²) in [6.07, 6.45) is 3.02. The number of carbonyl (C=O) groups excluding carboxylic acids is 2. The molecule has 1 aliphatic heterocycles. The Morgan fingerprint density at radius 2 is 2.15 bits per heavy atom. The molecule has 5 nitrogen and oxygen atoms in total. The van der Waals surface area contributed by atoms with Crippen LogP contribution >= 0.6 is 0 Å².